The van der Waals surface area contributed by atoms with Crippen LogP contribution in [0.5, 0.6) is 0 Å². The van der Waals surface area contributed by atoms with Crippen LogP contribution in [0.3, 0.4) is 0 Å². The topological polar surface area (TPSA) is 49.6 Å². The van der Waals surface area contributed by atoms with Gasteiger partial charge in [0.15, 0.2) is 5.13 Å². The van der Waals surface area contributed by atoms with Crippen molar-refractivity contribution in [2.75, 3.05) is 5.32 Å². The van der Waals surface area contributed by atoms with Crippen molar-refractivity contribution in [3.63, 3.8) is 0 Å². The number of nitrogens with one attached hydrogen (secondary N) is 1. The van der Waals surface area contributed by atoms with E-state index < -0.39 is 17.6 Å². The van der Waals surface area contributed by atoms with Crippen molar-refractivity contribution < 1.29 is 22.0 Å². The molecule has 0 atom stereocenters. The van der Waals surface area contributed by atoms with Crippen LogP contribution in [-0.2, 0) is 6.18 Å². The van der Waals surface area contributed by atoms with Gasteiger partial charge in [-0.15, -0.1) is 11.3 Å². The number of azo groups is 1. The van der Waals surface area contributed by atoms with E-state index in [0.29, 0.717) is 27.8 Å². The lowest BCUT2D eigenvalue weighted by Crippen LogP contribution is -2.05. The van der Waals surface area contributed by atoms with Crippen LogP contribution < -0.4 is 5.32 Å². The highest BCUT2D eigenvalue weighted by Gasteiger charge is 2.30. The standard InChI is InChI=1S/C25H19F5N4S/c1-14(2)19-11-17(6-8-21(19)26)33-34-18-7-9-22(27)20(12-18)23-13-35-24(32-23)31-16-5-3-4-15(10-16)25(28,29)30/h3-14H,1-2H3,(H,31,32). The number of halogens is 5. The molecule has 0 spiro atoms. The molecule has 0 amide bonds. The zero-order valence-electron chi connectivity index (χ0n) is 18.6. The van der Waals surface area contributed by atoms with Gasteiger partial charge in [-0.3, -0.25) is 0 Å². The minimum Gasteiger partial charge on any atom is -0.332 e. The highest BCUT2D eigenvalue weighted by molar-refractivity contribution is 7.14. The molecule has 0 radical (unpaired) electrons. The molecule has 10 heteroatoms. The van der Waals surface area contributed by atoms with E-state index in [1.54, 1.807) is 11.4 Å². The molecular formula is C25H19F5N4S. The number of anilines is 2. The van der Waals surface area contributed by atoms with Gasteiger partial charge in [0, 0.05) is 16.6 Å². The number of aromatic nitrogens is 1. The zero-order valence-corrected chi connectivity index (χ0v) is 19.4. The summed E-state index contributed by atoms with van der Waals surface area (Å²) in [5, 5.41) is 13.0. The van der Waals surface area contributed by atoms with Crippen LogP contribution in [0.25, 0.3) is 11.3 Å². The van der Waals surface area contributed by atoms with Crippen LogP contribution in [-0.4, -0.2) is 4.98 Å². The summed E-state index contributed by atoms with van der Waals surface area (Å²) < 4.78 is 67.3. The Morgan fingerprint density at radius 3 is 2.26 bits per heavy atom. The molecule has 0 aliphatic heterocycles. The van der Waals surface area contributed by atoms with Crippen molar-refractivity contribution in [1.82, 2.24) is 4.98 Å². The molecule has 35 heavy (non-hydrogen) atoms. The van der Waals surface area contributed by atoms with E-state index >= 15 is 0 Å². The Balaban J connectivity index is 1.55. The molecule has 0 aliphatic rings. The van der Waals surface area contributed by atoms with Gasteiger partial charge in [-0.05, 0) is 66.1 Å². The molecule has 4 aromatic rings. The molecule has 1 N–H and O–H groups in total. The quantitative estimate of drug-likeness (QED) is 0.211. The van der Waals surface area contributed by atoms with E-state index in [1.807, 2.05) is 13.8 Å². The Labute approximate surface area is 202 Å². The molecule has 0 unspecified atom stereocenters. The van der Waals surface area contributed by atoms with E-state index in [9.17, 15) is 22.0 Å². The molecule has 0 saturated carbocycles. The van der Waals surface area contributed by atoms with Gasteiger partial charge in [0.05, 0.1) is 22.6 Å². The molecule has 0 aliphatic carbocycles. The fraction of sp³-hybridized carbons (Fsp3) is 0.160. The second-order valence-corrected chi connectivity index (χ2v) is 8.82. The second-order valence-electron chi connectivity index (χ2n) is 7.97. The number of alkyl halides is 3. The summed E-state index contributed by atoms with van der Waals surface area (Å²) in [5.41, 5.74) is 1.22. The van der Waals surface area contributed by atoms with Gasteiger partial charge >= 0.3 is 6.18 Å². The Hall–Kier alpha value is -3.66. The van der Waals surface area contributed by atoms with E-state index in [-0.39, 0.29) is 23.0 Å². The minimum absolute atomic E-state index is 0.0222. The largest absolute Gasteiger partial charge is 0.416 e. The first-order chi connectivity index (χ1) is 16.6. The Bertz CT molecular complexity index is 1380. The molecule has 1 aromatic heterocycles. The van der Waals surface area contributed by atoms with Crippen molar-refractivity contribution in [3.05, 3.63) is 88.8 Å². The van der Waals surface area contributed by atoms with E-state index in [4.69, 9.17) is 0 Å². The fourth-order valence-corrected chi connectivity index (χ4v) is 4.01. The zero-order chi connectivity index (χ0) is 25.2. The number of benzene rings is 3. The maximum Gasteiger partial charge on any atom is 0.416 e. The van der Waals surface area contributed by atoms with Crippen LogP contribution in [0, 0.1) is 11.6 Å². The van der Waals surface area contributed by atoms with Gasteiger partial charge in [0.2, 0.25) is 0 Å². The van der Waals surface area contributed by atoms with Gasteiger partial charge in [0.25, 0.3) is 0 Å². The third-order valence-corrected chi connectivity index (χ3v) is 5.81. The van der Waals surface area contributed by atoms with Gasteiger partial charge < -0.3 is 5.32 Å². The lowest BCUT2D eigenvalue weighted by atomic mass is 10.0. The minimum atomic E-state index is -4.46. The first kappa shape index (κ1) is 24.5. The molecule has 0 saturated heterocycles. The lowest BCUT2D eigenvalue weighted by molar-refractivity contribution is -0.137. The second kappa shape index (κ2) is 9.91. The smallest absolute Gasteiger partial charge is 0.332 e. The maximum absolute atomic E-state index is 14.5. The fourth-order valence-electron chi connectivity index (χ4n) is 3.27. The molecular weight excluding hydrogens is 483 g/mol. The van der Waals surface area contributed by atoms with Crippen LogP contribution in [0.15, 0.2) is 76.3 Å². The van der Waals surface area contributed by atoms with E-state index in [1.165, 1.54) is 42.5 Å². The van der Waals surface area contributed by atoms with Crippen molar-refractivity contribution in [3.8, 4) is 11.3 Å². The summed E-state index contributed by atoms with van der Waals surface area (Å²) >= 11 is 1.12. The molecule has 0 fully saturated rings. The first-order valence-electron chi connectivity index (χ1n) is 10.5. The Morgan fingerprint density at radius 2 is 1.57 bits per heavy atom. The predicted molar refractivity (Wildman–Crippen MR) is 127 cm³/mol. The third kappa shape index (κ3) is 5.89. The first-order valence-corrected chi connectivity index (χ1v) is 11.4. The molecule has 4 rings (SSSR count). The number of hydrogen-bond donors (Lipinski definition) is 1. The highest BCUT2D eigenvalue weighted by Crippen LogP contribution is 2.34. The summed E-state index contributed by atoms with van der Waals surface area (Å²) in [4.78, 5) is 4.30. The van der Waals surface area contributed by atoms with Gasteiger partial charge in [-0.2, -0.15) is 23.4 Å². The molecule has 180 valence electrons. The summed E-state index contributed by atoms with van der Waals surface area (Å²) in [7, 11) is 0. The monoisotopic (exact) mass is 502 g/mol. The lowest BCUT2D eigenvalue weighted by Gasteiger charge is -2.09. The normalized spacial score (nSPS) is 12.0. The summed E-state index contributed by atoms with van der Waals surface area (Å²) in [6, 6.07) is 13.3. The number of hydrogen-bond acceptors (Lipinski definition) is 5. The molecule has 4 nitrogen and oxygen atoms in total. The van der Waals surface area contributed by atoms with Crippen molar-refractivity contribution >= 4 is 33.5 Å². The predicted octanol–water partition coefficient (Wildman–Crippen LogP) is 9.39. The summed E-state index contributed by atoms with van der Waals surface area (Å²) in [6.45, 7) is 3.74. The Morgan fingerprint density at radius 1 is 0.886 bits per heavy atom. The van der Waals surface area contributed by atoms with Crippen LogP contribution in [0.1, 0.15) is 30.9 Å². The van der Waals surface area contributed by atoms with Crippen molar-refractivity contribution in [1.29, 1.82) is 0 Å². The summed E-state index contributed by atoms with van der Waals surface area (Å²) in [6.07, 6.45) is -4.46. The van der Waals surface area contributed by atoms with Crippen LogP contribution >= 0.6 is 11.3 Å². The third-order valence-electron chi connectivity index (χ3n) is 5.05. The van der Waals surface area contributed by atoms with Crippen molar-refractivity contribution in [2.45, 2.75) is 25.9 Å². The van der Waals surface area contributed by atoms with Crippen LogP contribution in [0.2, 0.25) is 0 Å². The molecule has 0 bridgehead atoms. The van der Waals surface area contributed by atoms with E-state index in [2.05, 4.69) is 20.5 Å². The number of thiazole rings is 1. The van der Waals surface area contributed by atoms with Gasteiger partial charge in [0.1, 0.15) is 11.6 Å². The highest BCUT2D eigenvalue weighted by atomic mass is 32.1. The number of nitrogens with zero attached hydrogens (tertiary/aromatic N) is 3. The molecule has 3 aromatic carbocycles. The van der Waals surface area contributed by atoms with Gasteiger partial charge in [-0.25, -0.2) is 13.8 Å². The van der Waals surface area contributed by atoms with E-state index in [0.717, 1.165) is 23.5 Å². The van der Waals surface area contributed by atoms with Crippen molar-refractivity contribution in [2.24, 2.45) is 10.2 Å². The molecule has 1 heterocycles. The average molecular weight is 503 g/mol. The van der Waals surface area contributed by atoms with Crippen LogP contribution in [0.4, 0.5) is 44.1 Å². The average Bonchev–Trinajstić information content (AvgIpc) is 3.27. The Kier molecular flexibility index (Phi) is 6.93. The SMILES string of the molecule is CC(C)c1cc(N=Nc2ccc(F)c(-c3csc(Nc4cccc(C(F)(F)F)c4)n3)c2)ccc1F. The maximum atomic E-state index is 14.5. The van der Waals surface area contributed by atoms with Gasteiger partial charge in [-0.1, -0.05) is 19.9 Å². The number of rotatable bonds is 6. The summed E-state index contributed by atoms with van der Waals surface area (Å²) in [5.74, 6) is -0.879.